The van der Waals surface area contributed by atoms with E-state index in [4.69, 9.17) is 8.94 Å². The Morgan fingerprint density at radius 3 is 3.00 bits per heavy atom. The Balaban J connectivity index is 2.48. The molecule has 10 heavy (non-hydrogen) atoms. The number of nitrogens with zero attached hydrogens (tertiary/aromatic N) is 2. The third kappa shape index (κ3) is 0.699. The van der Waals surface area contributed by atoms with Gasteiger partial charge in [0.2, 0.25) is 0 Å². The summed E-state index contributed by atoms with van der Waals surface area (Å²) in [6, 6.07) is 1.72. The van der Waals surface area contributed by atoms with E-state index in [1.807, 2.05) is 0 Å². The van der Waals surface area contributed by atoms with Crippen molar-refractivity contribution >= 4 is 0 Å². The van der Waals surface area contributed by atoms with Crippen LogP contribution in [0.2, 0.25) is 0 Å². The van der Waals surface area contributed by atoms with Crippen LogP contribution in [0.15, 0.2) is 33.9 Å². The van der Waals surface area contributed by atoms with Gasteiger partial charge in [-0.15, -0.1) is 0 Å². The minimum atomic E-state index is 0.619. The first-order valence-corrected chi connectivity index (χ1v) is 2.76. The van der Waals surface area contributed by atoms with Gasteiger partial charge >= 0.3 is 0 Å². The molecule has 4 heteroatoms. The summed E-state index contributed by atoms with van der Waals surface area (Å²) >= 11 is 0. The van der Waals surface area contributed by atoms with Crippen LogP contribution in [0.3, 0.4) is 0 Å². The van der Waals surface area contributed by atoms with Crippen LogP contribution in [0.1, 0.15) is 0 Å². The van der Waals surface area contributed by atoms with Gasteiger partial charge in [0.05, 0.1) is 6.20 Å². The molecular formula is C6H4N2O2. The van der Waals surface area contributed by atoms with E-state index in [0.29, 0.717) is 11.5 Å². The predicted octanol–water partition coefficient (Wildman–Crippen LogP) is 1.33. The normalized spacial score (nSPS) is 10.0. The van der Waals surface area contributed by atoms with Crippen LogP contribution in [0, 0.1) is 0 Å². The Hall–Kier alpha value is -1.58. The molecule has 2 aromatic heterocycles. The van der Waals surface area contributed by atoms with E-state index in [9.17, 15) is 0 Å². The molecule has 0 aliphatic carbocycles. The Morgan fingerprint density at radius 2 is 2.40 bits per heavy atom. The van der Waals surface area contributed by atoms with Crippen LogP contribution in [-0.4, -0.2) is 10.1 Å². The third-order valence-electron chi connectivity index (χ3n) is 1.12. The van der Waals surface area contributed by atoms with Crippen molar-refractivity contribution < 1.29 is 8.94 Å². The van der Waals surface area contributed by atoms with E-state index >= 15 is 0 Å². The van der Waals surface area contributed by atoms with Gasteiger partial charge in [-0.25, -0.2) is 4.98 Å². The van der Waals surface area contributed by atoms with Crippen LogP contribution in [0.4, 0.5) is 0 Å². The molecule has 0 unspecified atom stereocenters. The van der Waals surface area contributed by atoms with Crippen molar-refractivity contribution in [1.29, 1.82) is 0 Å². The summed E-state index contributed by atoms with van der Waals surface area (Å²) in [5.41, 5.74) is 0.664. The third-order valence-corrected chi connectivity index (χ3v) is 1.12. The summed E-state index contributed by atoms with van der Waals surface area (Å²) < 4.78 is 9.54. The van der Waals surface area contributed by atoms with E-state index in [0.717, 1.165) is 0 Å². The minimum absolute atomic E-state index is 0.619. The maximum atomic E-state index is 4.81. The molecular weight excluding hydrogens is 132 g/mol. The zero-order valence-corrected chi connectivity index (χ0v) is 5.02. The molecule has 2 rings (SSSR count). The monoisotopic (exact) mass is 136 g/mol. The van der Waals surface area contributed by atoms with E-state index in [-0.39, 0.29) is 0 Å². The lowest BCUT2D eigenvalue weighted by atomic mass is 10.4. The van der Waals surface area contributed by atoms with Gasteiger partial charge in [0.1, 0.15) is 12.0 Å². The van der Waals surface area contributed by atoms with Gasteiger partial charge < -0.3 is 8.94 Å². The first kappa shape index (κ1) is 5.22. The number of rotatable bonds is 1. The predicted molar refractivity (Wildman–Crippen MR) is 32.0 cm³/mol. The zero-order chi connectivity index (χ0) is 6.81. The maximum absolute atomic E-state index is 4.81. The van der Waals surface area contributed by atoms with Gasteiger partial charge in [-0.3, -0.25) is 0 Å². The molecule has 0 N–H and O–H groups in total. The Morgan fingerprint density at radius 1 is 1.40 bits per heavy atom. The van der Waals surface area contributed by atoms with Crippen molar-refractivity contribution in [2.45, 2.75) is 0 Å². The second-order valence-corrected chi connectivity index (χ2v) is 1.75. The van der Waals surface area contributed by atoms with E-state index in [2.05, 4.69) is 10.1 Å². The molecule has 2 heterocycles. The summed E-state index contributed by atoms with van der Waals surface area (Å²) in [5, 5.41) is 3.52. The average molecular weight is 136 g/mol. The van der Waals surface area contributed by atoms with Crippen molar-refractivity contribution in [3.8, 4) is 11.5 Å². The summed E-state index contributed by atoms with van der Waals surface area (Å²) in [6.07, 6.45) is 4.41. The Bertz CT molecular complexity index is 253. The second kappa shape index (κ2) is 1.98. The molecule has 0 radical (unpaired) electrons. The van der Waals surface area contributed by atoms with Crippen LogP contribution in [0.5, 0.6) is 0 Å². The number of hydrogen-bond donors (Lipinski definition) is 0. The fourth-order valence-electron chi connectivity index (χ4n) is 0.682. The summed E-state index contributed by atoms with van der Waals surface area (Å²) in [6.45, 7) is 0. The van der Waals surface area contributed by atoms with Crippen molar-refractivity contribution in [3.05, 3.63) is 24.9 Å². The average Bonchev–Trinajstić information content (AvgIpc) is 2.59. The van der Waals surface area contributed by atoms with Gasteiger partial charge in [-0.1, -0.05) is 5.16 Å². The lowest BCUT2D eigenvalue weighted by Gasteiger charge is -1.79. The van der Waals surface area contributed by atoms with E-state index in [1.165, 1.54) is 12.7 Å². The highest BCUT2D eigenvalue weighted by molar-refractivity contribution is 5.47. The highest BCUT2D eigenvalue weighted by Crippen LogP contribution is 2.14. The van der Waals surface area contributed by atoms with Crippen LogP contribution < -0.4 is 0 Å². The Labute approximate surface area is 56.5 Å². The SMILES string of the molecule is c1cc(-c2cocn2)on1. The fourth-order valence-corrected chi connectivity index (χ4v) is 0.682. The van der Waals surface area contributed by atoms with Gasteiger partial charge in [-0.2, -0.15) is 0 Å². The number of hydrogen-bond acceptors (Lipinski definition) is 4. The maximum Gasteiger partial charge on any atom is 0.188 e. The smallest absolute Gasteiger partial charge is 0.188 e. The molecule has 2 aromatic rings. The highest BCUT2D eigenvalue weighted by Gasteiger charge is 2.02. The lowest BCUT2D eigenvalue weighted by Crippen LogP contribution is -1.68. The van der Waals surface area contributed by atoms with Crippen LogP contribution in [-0.2, 0) is 0 Å². The van der Waals surface area contributed by atoms with Crippen LogP contribution >= 0.6 is 0 Å². The number of aromatic nitrogens is 2. The molecule has 0 aromatic carbocycles. The van der Waals surface area contributed by atoms with E-state index < -0.39 is 0 Å². The van der Waals surface area contributed by atoms with Crippen LogP contribution in [0.25, 0.3) is 11.5 Å². The molecule has 0 atom stereocenters. The van der Waals surface area contributed by atoms with Gasteiger partial charge in [0, 0.05) is 6.07 Å². The minimum Gasteiger partial charge on any atom is -0.451 e. The standard InChI is InChI=1S/C6H4N2O2/c1-2-8-10-6(1)5-3-9-4-7-5/h1-4H. The first-order chi connectivity index (χ1) is 4.97. The molecule has 0 saturated carbocycles. The quantitative estimate of drug-likeness (QED) is 0.593. The largest absolute Gasteiger partial charge is 0.451 e. The Kier molecular flexibility index (Phi) is 1.04. The number of oxazole rings is 1. The highest BCUT2D eigenvalue weighted by atomic mass is 16.5. The van der Waals surface area contributed by atoms with Crippen molar-refractivity contribution in [2.75, 3.05) is 0 Å². The molecule has 0 saturated heterocycles. The molecule has 0 fully saturated rings. The fraction of sp³-hybridized carbons (Fsp3) is 0. The molecule has 0 spiro atoms. The summed E-state index contributed by atoms with van der Waals surface area (Å²) in [4.78, 5) is 3.86. The molecule has 0 bridgehead atoms. The first-order valence-electron chi connectivity index (χ1n) is 2.76. The van der Waals surface area contributed by atoms with Gasteiger partial charge in [0.15, 0.2) is 12.2 Å². The van der Waals surface area contributed by atoms with Crippen molar-refractivity contribution in [2.24, 2.45) is 0 Å². The van der Waals surface area contributed by atoms with Crippen molar-refractivity contribution in [1.82, 2.24) is 10.1 Å². The molecule has 4 nitrogen and oxygen atoms in total. The van der Waals surface area contributed by atoms with Gasteiger partial charge in [-0.05, 0) is 0 Å². The molecule has 0 aliphatic rings. The van der Waals surface area contributed by atoms with Crippen molar-refractivity contribution in [3.63, 3.8) is 0 Å². The van der Waals surface area contributed by atoms with E-state index in [1.54, 1.807) is 12.3 Å². The second-order valence-electron chi connectivity index (χ2n) is 1.75. The summed E-state index contributed by atoms with van der Waals surface area (Å²) in [7, 11) is 0. The molecule has 50 valence electrons. The van der Waals surface area contributed by atoms with Gasteiger partial charge in [0.25, 0.3) is 0 Å². The zero-order valence-electron chi connectivity index (χ0n) is 5.02. The lowest BCUT2D eigenvalue weighted by molar-refractivity contribution is 0.431. The summed E-state index contributed by atoms with van der Waals surface area (Å²) in [5.74, 6) is 0.619. The topological polar surface area (TPSA) is 52.1 Å². The molecule has 0 aliphatic heterocycles. The molecule has 0 amide bonds.